The number of piperidine rings is 3. The van der Waals surface area contributed by atoms with Gasteiger partial charge in [-0.25, -0.2) is 9.28 Å². The molecule has 0 spiro atoms. The molecule has 3 saturated heterocycles. The molecular formula is C27H27BrN4O3. The van der Waals surface area contributed by atoms with Gasteiger partial charge in [-0.3, -0.25) is 10.1 Å². The van der Waals surface area contributed by atoms with Crippen molar-refractivity contribution in [1.29, 1.82) is 0 Å². The molecule has 2 aromatic carbocycles. The monoisotopic (exact) mass is 534 g/mol. The fourth-order valence-corrected chi connectivity index (χ4v) is 5.94. The third-order valence-electron chi connectivity index (χ3n) is 7.77. The lowest BCUT2D eigenvalue weighted by molar-refractivity contribution is -0.869. The Morgan fingerprint density at radius 2 is 1.57 bits per heavy atom. The Morgan fingerprint density at radius 1 is 0.914 bits per heavy atom. The van der Waals surface area contributed by atoms with E-state index in [4.69, 9.17) is 4.74 Å². The second-order valence-corrected chi connectivity index (χ2v) is 9.63. The zero-order valence-electron chi connectivity index (χ0n) is 19.3. The van der Waals surface area contributed by atoms with Gasteiger partial charge in [-0.2, -0.15) is 5.10 Å². The zero-order valence-corrected chi connectivity index (χ0v) is 20.9. The number of esters is 1. The van der Waals surface area contributed by atoms with E-state index >= 15 is 0 Å². The minimum absolute atomic E-state index is 0. The van der Waals surface area contributed by atoms with Gasteiger partial charge in [0.25, 0.3) is 0 Å². The van der Waals surface area contributed by atoms with E-state index in [1.165, 1.54) is 11.1 Å². The van der Waals surface area contributed by atoms with E-state index in [9.17, 15) is 9.59 Å². The zero-order chi connectivity index (χ0) is 23.1. The number of fused-ring (bicyclic) bond motifs is 5. The van der Waals surface area contributed by atoms with Crippen molar-refractivity contribution in [2.45, 2.75) is 31.3 Å². The number of hydrogen-bond acceptors (Lipinski definition) is 5. The SMILES string of the molecule is O=C(O[C@H]1C[N+]2(C(=O)Nc3cccnn3)CCC1CC2)C1c2ccccc2Cc2ccccc21.[Br-]. The number of amides is 2. The second kappa shape index (κ2) is 9.51. The van der Waals surface area contributed by atoms with Crippen LogP contribution in [0.25, 0.3) is 0 Å². The van der Waals surface area contributed by atoms with Crippen LogP contribution in [-0.2, 0) is 16.0 Å². The molecule has 7 nitrogen and oxygen atoms in total. The van der Waals surface area contributed by atoms with E-state index in [0.717, 1.165) is 43.5 Å². The molecule has 180 valence electrons. The predicted octanol–water partition coefficient (Wildman–Crippen LogP) is 0.901. The second-order valence-electron chi connectivity index (χ2n) is 9.63. The van der Waals surface area contributed by atoms with Gasteiger partial charge in [0.2, 0.25) is 0 Å². The first-order valence-corrected chi connectivity index (χ1v) is 11.9. The van der Waals surface area contributed by atoms with E-state index in [1.54, 1.807) is 18.3 Å². The lowest BCUT2D eigenvalue weighted by Crippen LogP contribution is -3.00. The van der Waals surface area contributed by atoms with Crippen LogP contribution in [0.2, 0.25) is 0 Å². The van der Waals surface area contributed by atoms with E-state index in [0.29, 0.717) is 18.3 Å². The van der Waals surface area contributed by atoms with Gasteiger partial charge in [0, 0.05) is 25.0 Å². The molecule has 35 heavy (non-hydrogen) atoms. The summed E-state index contributed by atoms with van der Waals surface area (Å²) >= 11 is 0. The lowest BCUT2D eigenvalue weighted by Gasteiger charge is -2.49. The van der Waals surface area contributed by atoms with Crippen LogP contribution in [0.1, 0.15) is 41.0 Å². The number of benzene rings is 2. The number of nitrogens with zero attached hydrogens (tertiary/aromatic N) is 3. The molecule has 4 aliphatic rings. The molecule has 8 heteroatoms. The van der Waals surface area contributed by atoms with E-state index < -0.39 is 5.92 Å². The number of ether oxygens (including phenoxy) is 1. The number of aromatic nitrogens is 2. The van der Waals surface area contributed by atoms with Crippen molar-refractivity contribution in [2.24, 2.45) is 5.92 Å². The van der Waals surface area contributed by atoms with Crippen LogP contribution >= 0.6 is 0 Å². The minimum Gasteiger partial charge on any atom is -1.00 e. The Hall–Kier alpha value is -3.10. The Labute approximate surface area is 214 Å². The van der Waals surface area contributed by atoms with Crippen LogP contribution in [0.4, 0.5) is 10.6 Å². The number of anilines is 1. The van der Waals surface area contributed by atoms with E-state index in [1.807, 2.05) is 36.4 Å². The highest BCUT2D eigenvalue weighted by molar-refractivity contribution is 5.85. The number of nitrogens with one attached hydrogen (secondary N) is 1. The first kappa shape index (κ1) is 23.6. The summed E-state index contributed by atoms with van der Waals surface area (Å²) in [7, 11) is 0. The minimum atomic E-state index is -0.432. The Morgan fingerprint density at radius 3 is 2.20 bits per heavy atom. The van der Waals surface area contributed by atoms with Crippen molar-refractivity contribution in [1.82, 2.24) is 10.2 Å². The normalized spacial score (nSPS) is 24.5. The Bertz CT molecular complexity index is 1200. The molecule has 0 saturated carbocycles. The van der Waals surface area contributed by atoms with Gasteiger partial charge >= 0.3 is 12.0 Å². The van der Waals surface area contributed by atoms with Crippen LogP contribution in [0.5, 0.6) is 0 Å². The molecular weight excluding hydrogens is 508 g/mol. The van der Waals surface area contributed by atoms with Crippen molar-refractivity contribution in [3.05, 3.63) is 89.1 Å². The summed E-state index contributed by atoms with van der Waals surface area (Å²) in [6, 6.07) is 19.6. The van der Waals surface area contributed by atoms with Crippen LogP contribution in [0.3, 0.4) is 0 Å². The molecule has 4 heterocycles. The predicted molar refractivity (Wildman–Crippen MR) is 126 cm³/mol. The summed E-state index contributed by atoms with van der Waals surface area (Å²) in [6.45, 7) is 2.00. The highest BCUT2D eigenvalue weighted by atomic mass is 79.9. The molecule has 2 amide bonds. The molecule has 3 aromatic rings. The molecule has 0 unspecified atom stereocenters. The molecule has 3 aliphatic heterocycles. The summed E-state index contributed by atoms with van der Waals surface area (Å²) in [5.41, 5.74) is 4.39. The van der Waals surface area contributed by atoms with Crippen molar-refractivity contribution in [3.63, 3.8) is 0 Å². The molecule has 1 aliphatic carbocycles. The van der Waals surface area contributed by atoms with Crippen LogP contribution in [-0.4, -0.2) is 52.4 Å². The fourth-order valence-electron chi connectivity index (χ4n) is 5.94. The molecule has 1 N–H and O–H groups in total. The number of halogens is 1. The van der Waals surface area contributed by atoms with E-state index in [2.05, 4.69) is 27.6 Å². The van der Waals surface area contributed by atoms with Crippen LogP contribution in [0, 0.1) is 5.92 Å². The largest absolute Gasteiger partial charge is 1.00 e. The van der Waals surface area contributed by atoms with Gasteiger partial charge in [-0.05, 0) is 40.8 Å². The van der Waals surface area contributed by atoms with Crippen molar-refractivity contribution < 1.29 is 35.8 Å². The molecule has 1 aromatic heterocycles. The summed E-state index contributed by atoms with van der Waals surface area (Å²) in [5, 5.41) is 10.7. The highest BCUT2D eigenvalue weighted by Gasteiger charge is 2.52. The average molecular weight is 535 g/mol. The maximum Gasteiger partial charge on any atom is 0.422 e. The maximum atomic E-state index is 13.7. The third-order valence-corrected chi connectivity index (χ3v) is 7.77. The van der Waals surface area contributed by atoms with Gasteiger partial charge < -0.3 is 21.7 Å². The summed E-state index contributed by atoms with van der Waals surface area (Å²) in [5.74, 6) is 0.0864. The van der Waals surface area contributed by atoms with Crippen LogP contribution < -0.4 is 22.3 Å². The number of rotatable bonds is 3. The molecule has 1 atom stereocenters. The fraction of sp³-hybridized carbons (Fsp3) is 0.333. The standard InChI is InChI=1S/C27H26N4O3.BrH/c32-26(25-21-8-3-1-6-19(21)16-20-7-2-4-9-22(20)25)34-23-17-31(14-11-18(23)12-15-31)27(33)29-24-10-5-13-28-30-24;/h1-10,13,18,23,25H,11-12,14-17H2;1H/t18?,23-,31?;/m0./s1. The number of urea groups is 1. The first-order valence-electron chi connectivity index (χ1n) is 11.9. The number of hydrogen-bond donors (Lipinski definition) is 1. The first-order chi connectivity index (χ1) is 16.6. The molecule has 3 fully saturated rings. The van der Waals surface area contributed by atoms with E-state index in [-0.39, 0.29) is 39.6 Å². The maximum absolute atomic E-state index is 13.7. The molecule has 0 radical (unpaired) electrons. The van der Waals surface area contributed by atoms with Gasteiger partial charge in [0.15, 0.2) is 11.9 Å². The van der Waals surface area contributed by atoms with Gasteiger partial charge in [0.1, 0.15) is 12.5 Å². The average Bonchev–Trinajstić information content (AvgIpc) is 2.88. The van der Waals surface area contributed by atoms with Crippen molar-refractivity contribution in [3.8, 4) is 0 Å². The van der Waals surface area contributed by atoms with Gasteiger partial charge in [-0.1, -0.05) is 48.5 Å². The highest BCUT2D eigenvalue weighted by Crippen LogP contribution is 2.40. The molecule has 7 rings (SSSR count). The number of carbonyl (C=O) groups is 2. The topological polar surface area (TPSA) is 81.2 Å². The van der Waals surface area contributed by atoms with Gasteiger partial charge in [0.05, 0.1) is 13.1 Å². The van der Waals surface area contributed by atoms with Gasteiger partial charge in [-0.15, -0.1) is 5.10 Å². The number of carbonyl (C=O) groups excluding carboxylic acids is 2. The Balaban J connectivity index is 0.00000253. The lowest BCUT2D eigenvalue weighted by atomic mass is 9.78. The Kier molecular flexibility index (Phi) is 6.42. The third kappa shape index (κ3) is 4.25. The summed E-state index contributed by atoms with van der Waals surface area (Å²) < 4.78 is 6.51. The smallest absolute Gasteiger partial charge is 0.422 e. The quantitative estimate of drug-likeness (QED) is 0.399. The molecule has 2 bridgehead atoms. The van der Waals surface area contributed by atoms with Crippen LogP contribution in [0.15, 0.2) is 66.9 Å². The number of quaternary nitrogens is 1. The summed E-state index contributed by atoms with van der Waals surface area (Å²) in [6.07, 6.45) is 3.85. The van der Waals surface area contributed by atoms with Crippen molar-refractivity contribution in [2.75, 3.05) is 25.0 Å². The van der Waals surface area contributed by atoms with Crippen molar-refractivity contribution >= 4 is 17.8 Å². The summed E-state index contributed by atoms with van der Waals surface area (Å²) in [4.78, 5) is 26.9.